The molecule has 0 atom stereocenters. The Morgan fingerprint density at radius 1 is 1.44 bits per heavy atom. The number of hydrogen-bond donors (Lipinski definition) is 1. The van der Waals surface area contributed by atoms with Gasteiger partial charge in [0, 0.05) is 30.6 Å². The van der Waals surface area contributed by atoms with Crippen molar-refractivity contribution in [3.8, 4) is 0 Å². The summed E-state index contributed by atoms with van der Waals surface area (Å²) in [5, 5.41) is 8.73. The van der Waals surface area contributed by atoms with Crippen molar-refractivity contribution in [2.45, 2.75) is 0 Å². The molecule has 0 saturated heterocycles. The Labute approximate surface area is 75.5 Å². The van der Waals surface area contributed by atoms with Crippen LogP contribution in [0.2, 0.25) is 0 Å². The average molecular weight is 249 g/mol. The molecule has 0 fully saturated rings. The zero-order valence-electron chi connectivity index (χ0n) is 4.56. The summed E-state index contributed by atoms with van der Waals surface area (Å²) in [5.41, 5.74) is 0. The second kappa shape index (κ2) is 3.91. The molecule has 47 valence electrons. The number of aromatic nitrogens is 1. The van der Waals surface area contributed by atoms with Crippen molar-refractivity contribution in [3.63, 3.8) is 0 Å². The summed E-state index contributed by atoms with van der Waals surface area (Å²) >= 11 is 4.67. The molecule has 0 bridgehead atoms. The van der Waals surface area contributed by atoms with Crippen LogP contribution >= 0.6 is 12.2 Å². The molecule has 2 nitrogen and oxygen atoms in total. The minimum absolute atomic E-state index is 0. The molecule has 3 radical (unpaired) electrons. The molecule has 1 aromatic heterocycles. The summed E-state index contributed by atoms with van der Waals surface area (Å²) in [6.45, 7) is 0. The normalized spacial score (nSPS) is 8.00. The summed E-state index contributed by atoms with van der Waals surface area (Å²) < 4.78 is 1.32. The molecule has 4 heteroatoms. The van der Waals surface area contributed by atoms with Crippen LogP contribution in [0.1, 0.15) is 0 Å². The summed E-state index contributed by atoms with van der Waals surface area (Å²) in [5.74, 6) is 0. The van der Waals surface area contributed by atoms with Crippen molar-refractivity contribution in [3.05, 3.63) is 29.0 Å². The van der Waals surface area contributed by atoms with E-state index in [1.165, 1.54) is 6.20 Å². The second-order valence-corrected chi connectivity index (χ2v) is 1.80. The van der Waals surface area contributed by atoms with E-state index in [4.69, 9.17) is 5.21 Å². The van der Waals surface area contributed by atoms with Crippen LogP contribution in [0.3, 0.4) is 0 Å². The molecule has 0 unspecified atom stereocenters. The molecule has 0 aliphatic rings. The Morgan fingerprint density at radius 3 is 2.44 bits per heavy atom. The van der Waals surface area contributed by atoms with Gasteiger partial charge in [0.2, 0.25) is 0 Å². The van der Waals surface area contributed by atoms with Gasteiger partial charge in [0.25, 0.3) is 0 Å². The summed E-state index contributed by atoms with van der Waals surface area (Å²) in [6.07, 6.45) is 1.49. The predicted molar refractivity (Wildman–Crippen MR) is 38.2 cm³/mol. The van der Waals surface area contributed by atoms with Crippen LogP contribution in [0.15, 0.2) is 24.4 Å². The van der Waals surface area contributed by atoms with Crippen molar-refractivity contribution >= 4 is 36.6 Å². The molecule has 0 spiro atoms. The average Bonchev–Trinajstić information content (AvgIpc) is 1.77. The topological polar surface area (TPSA) is 25.2 Å². The largest absolute Gasteiger partial charge is 0.428 e. The third kappa shape index (κ3) is 2.37. The zero-order valence-corrected chi connectivity index (χ0v) is 7.93. The van der Waals surface area contributed by atoms with E-state index >= 15 is 0 Å². The van der Waals surface area contributed by atoms with Gasteiger partial charge in [0.1, 0.15) is 4.64 Å². The van der Waals surface area contributed by atoms with Gasteiger partial charge in [-0.05, 0) is 12.1 Å². The fourth-order valence-electron chi connectivity index (χ4n) is 0.419. The summed E-state index contributed by atoms with van der Waals surface area (Å²) in [7, 11) is 0. The van der Waals surface area contributed by atoms with Gasteiger partial charge in [-0.25, -0.2) is 0 Å². The van der Waals surface area contributed by atoms with Gasteiger partial charge >= 0.3 is 0 Å². The summed E-state index contributed by atoms with van der Waals surface area (Å²) in [6, 6.07) is 5.13. The van der Waals surface area contributed by atoms with Crippen LogP contribution in [0.25, 0.3) is 0 Å². The Morgan fingerprint density at radius 2 is 2.11 bits per heavy atom. The van der Waals surface area contributed by atoms with Gasteiger partial charge in [-0.15, -0.1) is 0 Å². The molecule has 0 aliphatic carbocycles. The van der Waals surface area contributed by atoms with Crippen LogP contribution in [0.5, 0.6) is 0 Å². The Balaban J connectivity index is 0.000000640. The van der Waals surface area contributed by atoms with E-state index in [2.05, 4.69) is 12.2 Å². The minimum Gasteiger partial charge on any atom is -0.428 e. The van der Waals surface area contributed by atoms with Crippen LogP contribution in [0.4, 0.5) is 0 Å². The zero-order chi connectivity index (χ0) is 5.98. The Bertz CT molecular complexity index is 234. The minimum atomic E-state index is 0. The van der Waals surface area contributed by atoms with E-state index in [1.54, 1.807) is 18.2 Å². The van der Waals surface area contributed by atoms with Crippen LogP contribution in [-0.2, 0) is 0 Å². The number of nitrogens with zero attached hydrogens (tertiary/aromatic N) is 1. The third-order valence-electron chi connectivity index (χ3n) is 0.803. The fraction of sp³-hybridized carbons (Fsp3) is 0. The molecule has 9 heavy (non-hydrogen) atoms. The SMILES string of the molecule is On1ccccc1=S.[Sb]. The first-order chi connectivity index (χ1) is 3.80. The molecule has 1 N–H and O–H groups in total. The molecule has 0 saturated carbocycles. The molecule has 1 heterocycles. The number of pyridine rings is 1. The van der Waals surface area contributed by atoms with Crippen molar-refractivity contribution in [1.82, 2.24) is 4.73 Å². The van der Waals surface area contributed by atoms with E-state index in [0.29, 0.717) is 4.64 Å². The van der Waals surface area contributed by atoms with E-state index in [9.17, 15) is 0 Å². The Hall–Kier alpha value is -0.0118. The van der Waals surface area contributed by atoms with E-state index in [1.807, 2.05) is 0 Å². The van der Waals surface area contributed by atoms with Gasteiger partial charge < -0.3 is 5.21 Å². The second-order valence-electron chi connectivity index (χ2n) is 1.38. The predicted octanol–water partition coefficient (Wildman–Crippen LogP) is 1.07. The molecule has 0 aliphatic heterocycles. The van der Waals surface area contributed by atoms with E-state index < -0.39 is 0 Å². The van der Waals surface area contributed by atoms with Crippen molar-refractivity contribution in [1.29, 1.82) is 0 Å². The Kier molecular flexibility index (Phi) is 3.91. The molecule has 1 rings (SSSR count). The number of rotatable bonds is 0. The van der Waals surface area contributed by atoms with Crippen LogP contribution in [0, 0.1) is 4.64 Å². The smallest absolute Gasteiger partial charge is 0.142 e. The van der Waals surface area contributed by atoms with Crippen molar-refractivity contribution in [2.24, 2.45) is 0 Å². The van der Waals surface area contributed by atoms with Gasteiger partial charge in [0.05, 0.1) is 0 Å². The van der Waals surface area contributed by atoms with E-state index in [-0.39, 0.29) is 24.4 Å². The maximum atomic E-state index is 8.73. The van der Waals surface area contributed by atoms with Crippen LogP contribution in [-0.4, -0.2) is 34.4 Å². The quantitative estimate of drug-likeness (QED) is 0.422. The third-order valence-corrected chi connectivity index (χ3v) is 1.13. The van der Waals surface area contributed by atoms with Crippen LogP contribution < -0.4 is 0 Å². The molecule has 0 aromatic carbocycles. The first-order valence-corrected chi connectivity index (χ1v) is 2.58. The van der Waals surface area contributed by atoms with Crippen molar-refractivity contribution in [2.75, 3.05) is 0 Å². The van der Waals surface area contributed by atoms with Gasteiger partial charge in [-0.1, -0.05) is 18.3 Å². The maximum Gasteiger partial charge on any atom is 0.142 e. The van der Waals surface area contributed by atoms with Crippen molar-refractivity contribution < 1.29 is 5.21 Å². The van der Waals surface area contributed by atoms with Gasteiger partial charge in [0.15, 0.2) is 0 Å². The fourth-order valence-corrected chi connectivity index (χ4v) is 0.558. The standard InChI is InChI=1S/C5H5NOS.Sb/c7-6-4-2-1-3-5(6)8;/h1-4,7H;. The van der Waals surface area contributed by atoms with Gasteiger partial charge in [-0.3, -0.25) is 0 Å². The first kappa shape index (κ1) is 8.99. The number of hydrogen-bond acceptors (Lipinski definition) is 2. The molecule has 0 amide bonds. The molecular weight excluding hydrogens is 244 g/mol. The maximum absolute atomic E-state index is 8.73. The molecular formula is C5H5NOSSb. The van der Waals surface area contributed by atoms with Gasteiger partial charge in [-0.2, -0.15) is 4.73 Å². The van der Waals surface area contributed by atoms with E-state index in [0.717, 1.165) is 4.73 Å². The summed E-state index contributed by atoms with van der Waals surface area (Å²) in [4.78, 5) is 0. The first-order valence-electron chi connectivity index (χ1n) is 2.17. The molecule has 1 aromatic rings. The monoisotopic (exact) mass is 248 g/mol.